The molecule has 1 aromatic heterocycles. The lowest BCUT2D eigenvalue weighted by Crippen LogP contribution is -2.46. The Morgan fingerprint density at radius 3 is 2.30 bits per heavy atom. The first-order chi connectivity index (χ1) is 30.8. The van der Waals surface area contributed by atoms with Crippen molar-refractivity contribution in [1.82, 2.24) is 14.8 Å². The number of hydrogen-bond acceptors (Lipinski definition) is 9. The topological polar surface area (TPSA) is 162 Å². The second-order valence-corrected chi connectivity index (χ2v) is 17.2. The number of fused-ring (bicyclic) bond motifs is 3. The van der Waals surface area contributed by atoms with Gasteiger partial charge >= 0.3 is 13.1 Å². The summed E-state index contributed by atoms with van der Waals surface area (Å²) >= 11 is 0. The molecule has 1 spiro atoms. The Hall–Kier alpha value is -6.41. The lowest BCUT2D eigenvalue weighted by Gasteiger charge is -2.38. The van der Waals surface area contributed by atoms with E-state index >= 15 is 0 Å². The average molecular weight is 844 g/mol. The SMILES string of the molecule is NCc1cccc(C2CCN(C(=O)c3cccc(OC(B4OC(=O)C(c5ccccc5)O4)c4cccc5[nH]c(C(=O)N6CCC7(CC6)COc6ccc(CN)cc67)cc45)c3)CC2)c1. The highest BCUT2D eigenvalue weighted by atomic mass is 16.7. The molecule has 4 aliphatic rings. The van der Waals surface area contributed by atoms with Gasteiger partial charge in [-0.15, -0.1) is 0 Å². The van der Waals surface area contributed by atoms with E-state index in [1.165, 1.54) is 11.1 Å². The summed E-state index contributed by atoms with van der Waals surface area (Å²) in [6.45, 7) is 3.96. The van der Waals surface area contributed by atoms with Gasteiger partial charge in [0.2, 0.25) is 0 Å². The Morgan fingerprint density at radius 1 is 0.778 bits per heavy atom. The van der Waals surface area contributed by atoms with Gasteiger partial charge < -0.3 is 45.0 Å². The molecule has 320 valence electrons. The van der Waals surface area contributed by atoms with Gasteiger partial charge in [0, 0.05) is 72.3 Å². The quantitative estimate of drug-likeness (QED) is 0.122. The maximum atomic E-state index is 14.2. The molecule has 0 aliphatic carbocycles. The third kappa shape index (κ3) is 7.85. The number of likely N-dealkylation sites (tertiary alicyclic amines) is 2. The summed E-state index contributed by atoms with van der Waals surface area (Å²) in [5.41, 5.74) is 19.3. The molecule has 3 saturated heterocycles. The van der Waals surface area contributed by atoms with Crippen molar-refractivity contribution in [2.24, 2.45) is 11.5 Å². The molecule has 2 amide bonds. The first-order valence-corrected chi connectivity index (χ1v) is 21.9. The second-order valence-electron chi connectivity index (χ2n) is 17.2. The van der Waals surface area contributed by atoms with E-state index in [9.17, 15) is 14.4 Å². The van der Waals surface area contributed by atoms with Gasteiger partial charge in [-0.05, 0) is 90.3 Å². The fourth-order valence-corrected chi connectivity index (χ4v) is 9.86. The van der Waals surface area contributed by atoms with Crippen LogP contribution in [0.5, 0.6) is 11.5 Å². The van der Waals surface area contributed by atoms with Gasteiger partial charge in [0.15, 0.2) is 12.1 Å². The molecule has 10 rings (SSSR count). The van der Waals surface area contributed by atoms with Gasteiger partial charge in [0.1, 0.15) is 17.2 Å². The molecule has 13 heteroatoms. The van der Waals surface area contributed by atoms with Crippen LogP contribution in [0.1, 0.15) is 97.9 Å². The highest BCUT2D eigenvalue weighted by Gasteiger charge is 2.49. The number of aromatic nitrogens is 1. The van der Waals surface area contributed by atoms with Gasteiger partial charge in [-0.2, -0.15) is 0 Å². The van der Waals surface area contributed by atoms with Gasteiger partial charge in [-0.25, -0.2) is 0 Å². The minimum atomic E-state index is -1.15. The molecule has 12 nitrogen and oxygen atoms in total. The van der Waals surface area contributed by atoms with Gasteiger partial charge in [-0.1, -0.05) is 84.9 Å². The fraction of sp³-hybridized carbons (Fsp3) is 0.300. The third-order valence-corrected chi connectivity index (χ3v) is 13.4. The van der Waals surface area contributed by atoms with Crippen LogP contribution in [0.25, 0.3) is 10.9 Å². The minimum Gasteiger partial charge on any atom is -0.505 e. The third-order valence-electron chi connectivity index (χ3n) is 13.4. The van der Waals surface area contributed by atoms with Crippen LogP contribution in [0.2, 0.25) is 0 Å². The highest BCUT2D eigenvalue weighted by Crippen LogP contribution is 2.46. The Labute approximate surface area is 366 Å². The largest absolute Gasteiger partial charge is 0.577 e. The summed E-state index contributed by atoms with van der Waals surface area (Å²) in [7, 11) is -1.15. The predicted octanol–water partition coefficient (Wildman–Crippen LogP) is 7.13. The van der Waals surface area contributed by atoms with Gasteiger partial charge in [-0.3, -0.25) is 14.4 Å². The summed E-state index contributed by atoms with van der Waals surface area (Å²) in [5, 5.41) is 0.724. The van der Waals surface area contributed by atoms with E-state index in [0.29, 0.717) is 79.9 Å². The molecule has 5 aromatic carbocycles. The number of amides is 2. The van der Waals surface area contributed by atoms with Gasteiger partial charge in [0.05, 0.1) is 6.61 Å². The zero-order chi connectivity index (χ0) is 43.1. The number of nitrogens with zero attached hydrogens (tertiary/aromatic N) is 2. The van der Waals surface area contributed by atoms with Crippen molar-refractivity contribution in [3.63, 3.8) is 0 Å². The van der Waals surface area contributed by atoms with E-state index < -0.39 is 25.2 Å². The van der Waals surface area contributed by atoms with Crippen LogP contribution < -0.4 is 20.9 Å². The molecule has 5 heterocycles. The number of carbonyl (C=O) groups is 3. The predicted molar refractivity (Wildman–Crippen MR) is 239 cm³/mol. The van der Waals surface area contributed by atoms with Crippen molar-refractivity contribution in [1.29, 1.82) is 0 Å². The van der Waals surface area contributed by atoms with Crippen molar-refractivity contribution < 1.29 is 33.2 Å². The normalized spacial score (nSPS) is 18.9. The number of piperidine rings is 2. The molecule has 6 aromatic rings. The monoisotopic (exact) mass is 843 g/mol. The summed E-state index contributed by atoms with van der Waals surface area (Å²) in [5.74, 6) is 0.952. The molecular formula is C50H50BN5O7. The van der Waals surface area contributed by atoms with Crippen molar-refractivity contribution in [2.45, 2.75) is 62.2 Å². The van der Waals surface area contributed by atoms with Gasteiger partial charge in [0.25, 0.3) is 11.8 Å². The first-order valence-electron chi connectivity index (χ1n) is 21.9. The molecule has 4 aliphatic heterocycles. The van der Waals surface area contributed by atoms with Crippen LogP contribution in [0.3, 0.4) is 0 Å². The number of aromatic amines is 1. The number of nitrogens with two attached hydrogens (primary N) is 2. The smallest absolute Gasteiger partial charge is 0.505 e. The lowest BCUT2D eigenvalue weighted by atomic mass is 9.74. The van der Waals surface area contributed by atoms with Crippen LogP contribution in [0.15, 0.2) is 121 Å². The number of benzene rings is 5. The van der Waals surface area contributed by atoms with E-state index in [2.05, 4.69) is 29.2 Å². The van der Waals surface area contributed by atoms with Crippen LogP contribution in [0, 0.1) is 0 Å². The Balaban J connectivity index is 0.901. The summed E-state index contributed by atoms with van der Waals surface area (Å²) in [4.78, 5) is 48.8. The zero-order valence-electron chi connectivity index (χ0n) is 35.0. The molecule has 0 bridgehead atoms. The zero-order valence-corrected chi connectivity index (χ0v) is 35.0. The van der Waals surface area contributed by atoms with E-state index in [0.717, 1.165) is 53.5 Å². The Bertz CT molecular complexity index is 2670. The summed E-state index contributed by atoms with van der Waals surface area (Å²) in [6.07, 6.45) is 2.30. The highest BCUT2D eigenvalue weighted by molar-refractivity contribution is 6.50. The van der Waals surface area contributed by atoms with Crippen LogP contribution in [-0.2, 0) is 32.6 Å². The van der Waals surface area contributed by atoms with Crippen LogP contribution >= 0.6 is 0 Å². The van der Waals surface area contributed by atoms with Crippen molar-refractivity contribution in [3.05, 3.63) is 166 Å². The van der Waals surface area contributed by atoms with Crippen LogP contribution in [0.4, 0.5) is 0 Å². The Morgan fingerprint density at radius 2 is 1.51 bits per heavy atom. The number of hydrogen-bond donors (Lipinski definition) is 3. The molecule has 2 unspecified atom stereocenters. The van der Waals surface area contributed by atoms with Crippen molar-refractivity contribution in [2.75, 3.05) is 32.8 Å². The maximum absolute atomic E-state index is 14.2. The standard InChI is InChI=1S/C50H50BN5O7/c52-29-32-7-4-10-36(25-32)34-17-21-55(22-18-34)47(57)37-11-5-12-38(27-37)61-46(51-62-45(49(59)63-51)35-8-2-1-3-9-35)39-13-6-14-42-40(39)28-43(54-42)48(58)56-23-19-50(20-24-56)31-60-44-16-15-33(30-53)26-41(44)50/h1-16,25-28,34,45-46,54H,17-24,29-31,52-53H2. The fourth-order valence-electron chi connectivity index (χ4n) is 9.86. The molecular weight excluding hydrogens is 793 g/mol. The summed E-state index contributed by atoms with van der Waals surface area (Å²) in [6, 6.07) is 37.4. The van der Waals surface area contributed by atoms with E-state index in [1.54, 1.807) is 24.3 Å². The number of rotatable bonds is 10. The van der Waals surface area contributed by atoms with E-state index in [4.69, 9.17) is 30.2 Å². The average Bonchev–Trinajstić information content (AvgIpc) is 4.06. The van der Waals surface area contributed by atoms with Crippen LogP contribution in [-0.4, -0.2) is 72.5 Å². The van der Waals surface area contributed by atoms with Crippen molar-refractivity contribution in [3.8, 4) is 11.5 Å². The molecule has 5 N–H and O–H groups in total. The number of H-pyrrole nitrogens is 1. The Kier molecular flexibility index (Phi) is 11.0. The maximum Gasteiger partial charge on any atom is 0.577 e. The van der Waals surface area contributed by atoms with Crippen molar-refractivity contribution >= 4 is 35.8 Å². The molecule has 63 heavy (non-hydrogen) atoms. The first kappa shape index (κ1) is 40.7. The molecule has 0 radical (unpaired) electrons. The number of carbonyl (C=O) groups excluding carboxylic acids is 3. The summed E-state index contributed by atoms with van der Waals surface area (Å²) < 4.78 is 25.2. The molecule has 2 atom stereocenters. The lowest BCUT2D eigenvalue weighted by molar-refractivity contribution is -0.136. The molecule has 3 fully saturated rings. The second kappa shape index (κ2) is 17.0. The number of nitrogens with one attached hydrogen (secondary N) is 1. The van der Waals surface area contributed by atoms with E-state index in [-0.39, 0.29) is 17.2 Å². The van der Waals surface area contributed by atoms with E-state index in [1.807, 2.05) is 82.6 Å². The minimum absolute atomic E-state index is 0.0802. The number of ether oxygens (including phenoxy) is 2. The molecule has 0 saturated carbocycles.